The fourth-order valence-corrected chi connectivity index (χ4v) is 3.27. The van der Waals surface area contributed by atoms with Gasteiger partial charge in [-0.1, -0.05) is 35.3 Å². The number of carbonyl (C=O) groups excluding carboxylic acids is 1. The molecule has 1 unspecified atom stereocenters. The lowest BCUT2D eigenvalue weighted by atomic mass is 9.96. The summed E-state index contributed by atoms with van der Waals surface area (Å²) in [5, 5.41) is 0.838. The van der Waals surface area contributed by atoms with Crippen LogP contribution in [0.15, 0.2) is 54.7 Å². The van der Waals surface area contributed by atoms with Crippen LogP contribution in [0.5, 0.6) is 11.5 Å². The summed E-state index contributed by atoms with van der Waals surface area (Å²) < 4.78 is 11.8. The van der Waals surface area contributed by atoms with Crippen molar-refractivity contribution in [1.82, 2.24) is 4.98 Å². The van der Waals surface area contributed by atoms with Gasteiger partial charge in [0.05, 0.1) is 23.4 Å². The minimum atomic E-state index is -0.796. The van der Waals surface area contributed by atoms with E-state index in [4.69, 9.17) is 38.4 Å². The molecule has 7 heteroatoms. The number of nitrogens with two attached hydrogens (primary N) is 1. The van der Waals surface area contributed by atoms with Crippen molar-refractivity contribution in [1.29, 1.82) is 0 Å². The number of hydrogen-bond acceptors (Lipinski definition) is 4. The first-order valence-electron chi connectivity index (χ1n) is 8.42. The summed E-state index contributed by atoms with van der Waals surface area (Å²) >= 11 is 12.4. The first-order valence-corrected chi connectivity index (χ1v) is 9.18. The highest BCUT2D eigenvalue weighted by Crippen LogP contribution is 2.39. The zero-order valence-electron chi connectivity index (χ0n) is 15.3. The first-order chi connectivity index (χ1) is 13.4. The van der Waals surface area contributed by atoms with E-state index in [0.29, 0.717) is 32.8 Å². The summed E-state index contributed by atoms with van der Waals surface area (Å²) in [6.07, 6.45) is 0.776. The van der Waals surface area contributed by atoms with Gasteiger partial charge in [0.15, 0.2) is 6.10 Å². The Morgan fingerprint density at radius 2 is 1.89 bits per heavy atom. The standard InChI is InChI=1S/C21H18Cl2N2O3/c1-12-5-3-7-16(27-2)18(12)20(19-14(21(24)26)6-4-10-25-19)28-17-11-13(22)8-9-15(17)23/h3-11,20H,1-2H3,(H2,24,26). The minimum Gasteiger partial charge on any atom is -0.496 e. The van der Waals surface area contributed by atoms with Crippen LogP contribution < -0.4 is 15.2 Å². The third kappa shape index (κ3) is 4.06. The van der Waals surface area contributed by atoms with Gasteiger partial charge < -0.3 is 15.2 Å². The van der Waals surface area contributed by atoms with Gasteiger partial charge in [0.2, 0.25) is 0 Å². The Bertz CT molecular complexity index is 1020. The normalized spacial score (nSPS) is 11.7. The number of aryl methyl sites for hydroxylation is 1. The molecule has 1 amide bonds. The van der Waals surface area contributed by atoms with E-state index >= 15 is 0 Å². The van der Waals surface area contributed by atoms with Crippen LogP contribution in [0, 0.1) is 6.92 Å². The fraction of sp³-hybridized carbons (Fsp3) is 0.143. The molecule has 0 aliphatic heterocycles. The van der Waals surface area contributed by atoms with Gasteiger partial charge in [-0.05, 0) is 42.8 Å². The average molecular weight is 417 g/mol. The van der Waals surface area contributed by atoms with Crippen LogP contribution in [-0.2, 0) is 0 Å². The number of aromatic nitrogens is 1. The van der Waals surface area contributed by atoms with Crippen LogP contribution in [0.2, 0.25) is 10.0 Å². The highest BCUT2D eigenvalue weighted by Gasteiger charge is 2.28. The van der Waals surface area contributed by atoms with E-state index in [0.717, 1.165) is 5.56 Å². The number of pyridine rings is 1. The lowest BCUT2D eigenvalue weighted by Gasteiger charge is -2.24. The van der Waals surface area contributed by atoms with E-state index in [9.17, 15) is 4.79 Å². The second-order valence-corrected chi connectivity index (χ2v) is 6.91. The van der Waals surface area contributed by atoms with E-state index in [1.54, 1.807) is 43.6 Å². The minimum absolute atomic E-state index is 0.246. The number of amides is 1. The van der Waals surface area contributed by atoms with Gasteiger partial charge in [-0.25, -0.2) is 0 Å². The molecule has 0 bridgehead atoms. The molecule has 144 valence electrons. The van der Waals surface area contributed by atoms with Crippen molar-refractivity contribution in [2.45, 2.75) is 13.0 Å². The molecule has 1 heterocycles. The number of carbonyl (C=O) groups is 1. The van der Waals surface area contributed by atoms with Crippen molar-refractivity contribution < 1.29 is 14.3 Å². The molecule has 0 aliphatic rings. The second-order valence-electron chi connectivity index (χ2n) is 6.06. The molecule has 3 rings (SSSR count). The Morgan fingerprint density at radius 1 is 1.11 bits per heavy atom. The Morgan fingerprint density at radius 3 is 2.61 bits per heavy atom. The number of benzene rings is 2. The van der Waals surface area contributed by atoms with E-state index in [2.05, 4.69) is 4.98 Å². The molecular formula is C21H18Cl2N2O3. The van der Waals surface area contributed by atoms with Crippen molar-refractivity contribution in [2.75, 3.05) is 7.11 Å². The molecule has 3 aromatic rings. The highest BCUT2D eigenvalue weighted by molar-refractivity contribution is 6.34. The first kappa shape index (κ1) is 20.0. The maximum atomic E-state index is 12.0. The summed E-state index contributed by atoms with van der Waals surface area (Å²) in [5.41, 5.74) is 7.78. The van der Waals surface area contributed by atoms with Gasteiger partial charge >= 0.3 is 0 Å². The van der Waals surface area contributed by atoms with Crippen LogP contribution in [0.25, 0.3) is 0 Å². The van der Waals surface area contributed by atoms with Gasteiger partial charge in [-0.3, -0.25) is 9.78 Å². The maximum absolute atomic E-state index is 12.0. The fourth-order valence-electron chi connectivity index (χ4n) is 2.95. The van der Waals surface area contributed by atoms with Crippen LogP contribution in [0.4, 0.5) is 0 Å². The summed E-state index contributed by atoms with van der Waals surface area (Å²) in [5.74, 6) is 0.330. The van der Waals surface area contributed by atoms with E-state index in [1.807, 2.05) is 25.1 Å². The Balaban J connectivity index is 2.24. The Hall–Kier alpha value is -2.76. The number of halogens is 2. The van der Waals surface area contributed by atoms with Crippen LogP contribution in [0.1, 0.15) is 33.3 Å². The number of hydrogen-bond donors (Lipinski definition) is 1. The summed E-state index contributed by atoms with van der Waals surface area (Å²) in [6, 6.07) is 13.7. The third-order valence-electron chi connectivity index (χ3n) is 4.26. The molecule has 1 atom stereocenters. The van der Waals surface area contributed by atoms with Crippen molar-refractivity contribution in [3.05, 3.63) is 87.2 Å². The Kier molecular flexibility index (Phi) is 6.07. The van der Waals surface area contributed by atoms with Crippen LogP contribution in [0.3, 0.4) is 0 Å². The predicted molar refractivity (Wildman–Crippen MR) is 109 cm³/mol. The van der Waals surface area contributed by atoms with Crippen molar-refractivity contribution in [3.63, 3.8) is 0 Å². The van der Waals surface area contributed by atoms with Crippen LogP contribution >= 0.6 is 23.2 Å². The van der Waals surface area contributed by atoms with Gasteiger partial charge in [0.25, 0.3) is 5.91 Å². The van der Waals surface area contributed by atoms with Crippen LogP contribution in [-0.4, -0.2) is 18.0 Å². The quantitative estimate of drug-likeness (QED) is 0.615. The molecule has 0 aliphatic carbocycles. The predicted octanol–water partition coefficient (Wildman–Crippen LogP) is 4.97. The zero-order chi connectivity index (χ0) is 20.3. The molecule has 0 radical (unpaired) electrons. The van der Waals surface area contributed by atoms with E-state index < -0.39 is 12.0 Å². The molecule has 0 saturated heterocycles. The topological polar surface area (TPSA) is 74.4 Å². The lowest BCUT2D eigenvalue weighted by Crippen LogP contribution is -2.21. The number of primary amides is 1. The SMILES string of the molecule is COc1cccc(C)c1C(Oc1cc(Cl)ccc1Cl)c1ncccc1C(N)=O. The van der Waals surface area contributed by atoms with Crippen molar-refractivity contribution in [2.24, 2.45) is 5.73 Å². The molecule has 2 aromatic carbocycles. The zero-order valence-corrected chi connectivity index (χ0v) is 16.8. The second kappa shape index (κ2) is 8.50. The molecule has 0 fully saturated rings. The number of methoxy groups -OCH3 is 1. The summed E-state index contributed by atoms with van der Waals surface area (Å²) in [4.78, 5) is 16.4. The number of ether oxygens (including phenoxy) is 2. The van der Waals surface area contributed by atoms with E-state index in [-0.39, 0.29) is 5.56 Å². The highest BCUT2D eigenvalue weighted by atomic mass is 35.5. The molecule has 2 N–H and O–H groups in total. The molecule has 1 aromatic heterocycles. The molecule has 0 saturated carbocycles. The lowest BCUT2D eigenvalue weighted by molar-refractivity contribution is 0.0995. The maximum Gasteiger partial charge on any atom is 0.250 e. The Labute approximate surface area is 173 Å². The largest absolute Gasteiger partial charge is 0.496 e. The third-order valence-corrected chi connectivity index (χ3v) is 4.80. The molecule has 28 heavy (non-hydrogen) atoms. The number of nitrogens with zero attached hydrogens (tertiary/aromatic N) is 1. The van der Waals surface area contributed by atoms with Crippen molar-refractivity contribution >= 4 is 29.1 Å². The smallest absolute Gasteiger partial charge is 0.250 e. The average Bonchev–Trinajstić information content (AvgIpc) is 2.68. The molecular weight excluding hydrogens is 399 g/mol. The van der Waals surface area contributed by atoms with Gasteiger partial charge in [0, 0.05) is 22.8 Å². The number of rotatable bonds is 6. The monoisotopic (exact) mass is 416 g/mol. The van der Waals surface area contributed by atoms with Gasteiger partial charge in [-0.2, -0.15) is 0 Å². The van der Waals surface area contributed by atoms with Crippen molar-refractivity contribution in [3.8, 4) is 11.5 Å². The summed E-state index contributed by atoms with van der Waals surface area (Å²) in [7, 11) is 1.56. The molecule has 0 spiro atoms. The molecule has 5 nitrogen and oxygen atoms in total. The van der Waals surface area contributed by atoms with E-state index in [1.165, 1.54) is 0 Å². The summed E-state index contributed by atoms with van der Waals surface area (Å²) in [6.45, 7) is 1.92. The van der Waals surface area contributed by atoms with Gasteiger partial charge in [-0.15, -0.1) is 0 Å². The van der Waals surface area contributed by atoms with Gasteiger partial charge in [0.1, 0.15) is 11.5 Å².